The topological polar surface area (TPSA) is 0 Å². The Morgan fingerprint density at radius 3 is 2.77 bits per heavy atom. The number of hydrogen-bond acceptors (Lipinski definition) is 0. The summed E-state index contributed by atoms with van der Waals surface area (Å²) in [6.45, 7) is 5.47. The summed E-state index contributed by atoms with van der Waals surface area (Å²) in [5.41, 5.74) is 1.04. The largest absolute Gasteiger partial charge is 2.00 e. The molecule has 0 heterocycles. The second-order valence-electron chi connectivity index (χ2n) is 2.65. The van der Waals surface area contributed by atoms with Crippen molar-refractivity contribution >= 4 is 65.7 Å². The van der Waals surface area contributed by atoms with Gasteiger partial charge in [-0.05, 0) is 0 Å². The summed E-state index contributed by atoms with van der Waals surface area (Å²) in [6.07, 6.45) is 1.61. The Labute approximate surface area is 120 Å². The molecule has 2 aromatic rings. The van der Waals surface area contributed by atoms with Crippen LogP contribution in [0, 0.1) is 12.6 Å². The maximum absolute atomic E-state index is 5.47. The summed E-state index contributed by atoms with van der Waals surface area (Å²) in [5, 5.41) is 2.26. The van der Waals surface area contributed by atoms with Gasteiger partial charge >= 0.3 is 48.9 Å². The zero-order valence-electron chi connectivity index (χ0n) is 8.33. The molecule has 60 valence electrons. The van der Waals surface area contributed by atoms with E-state index in [-0.39, 0.29) is 50.3 Å². The molecular weight excluding hydrogens is 281 g/mol. The van der Waals surface area contributed by atoms with Gasteiger partial charge in [0.25, 0.3) is 0 Å². The van der Waals surface area contributed by atoms with Gasteiger partial charge in [-0.2, -0.15) is 6.08 Å². The summed E-state index contributed by atoms with van der Waals surface area (Å²) in [7, 11) is 0. The second kappa shape index (κ2) is 5.03. The third-order valence-electron chi connectivity index (χ3n) is 1.91. The van der Waals surface area contributed by atoms with E-state index in [1.165, 1.54) is 5.39 Å². The van der Waals surface area contributed by atoms with E-state index in [2.05, 4.69) is 18.2 Å². The van der Waals surface area contributed by atoms with Gasteiger partial charge < -0.3 is 1.43 Å². The summed E-state index contributed by atoms with van der Waals surface area (Å²) in [6, 6.07) is 15.1. The molecule has 13 heavy (non-hydrogen) atoms. The average Bonchev–Trinajstić information content (AvgIpc) is 2.17. The fraction of sp³-hybridized carbons (Fsp3) is 0. The van der Waals surface area contributed by atoms with Crippen molar-refractivity contribution in [2.24, 2.45) is 0 Å². The SMILES string of the molecule is [Ba+2].[CH-]=Cc1cccc2ccc[c-]c12.[H-]. The van der Waals surface area contributed by atoms with E-state index < -0.39 is 0 Å². The zero-order chi connectivity index (χ0) is 8.39. The molecule has 0 N–H and O–H groups in total. The van der Waals surface area contributed by atoms with Crippen molar-refractivity contribution in [2.75, 3.05) is 0 Å². The van der Waals surface area contributed by atoms with Crippen LogP contribution in [-0.4, -0.2) is 48.9 Å². The molecule has 0 aliphatic heterocycles. The fourth-order valence-electron chi connectivity index (χ4n) is 1.32. The van der Waals surface area contributed by atoms with Gasteiger partial charge in [0.2, 0.25) is 0 Å². The number of benzene rings is 2. The molecule has 0 aliphatic carbocycles. The van der Waals surface area contributed by atoms with Gasteiger partial charge in [-0.3, -0.25) is 6.58 Å². The van der Waals surface area contributed by atoms with E-state index in [9.17, 15) is 0 Å². The minimum absolute atomic E-state index is 0. The molecule has 0 unspecified atom stereocenters. The van der Waals surface area contributed by atoms with Crippen LogP contribution in [0.2, 0.25) is 0 Å². The first-order chi connectivity index (χ1) is 5.92. The van der Waals surface area contributed by atoms with Crippen LogP contribution in [0.15, 0.2) is 36.4 Å². The van der Waals surface area contributed by atoms with Crippen molar-refractivity contribution in [1.29, 1.82) is 0 Å². The number of rotatable bonds is 1. The Morgan fingerprint density at radius 2 is 2.00 bits per heavy atom. The quantitative estimate of drug-likeness (QED) is 0.560. The molecule has 2 rings (SSSR count). The predicted octanol–water partition coefficient (Wildman–Crippen LogP) is 2.82. The van der Waals surface area contributed by atoms with Crippen LogP contribution >= 0.6 is 0 Å². The van der Waals surface area contributed by atoms with Gasteiger partial charge in [-0.25, -0.2) is 0 Å². The van der Waals surface area contributed by atoms with Crippen molar-refractivity contribution in [3.63, 3.8) is 0 Å². The van der Waals surface area contributed by atoms with Crippen LogP contribution in [0.5, 0.6) is 0 Å². The van der Waals surface area contributed by atoms with E-state index in [1.54, 1.807) is 6.08 Å². The van der Waals surface area contributed by atoms with Crippen LogP contribution in [0.1, 0.15) is 6.99 Å². The molecule has 0 atom stereocenters. The van der Waals surface area contributed by atoms with Crippen LogP contribution in [0.3, 0.4) is 0 Å². The average molecular weight is 291 g/mol. The summed E-state index contributed by atoms with van der Waals surface area (Å²) in [4.78, 5) is 0. The molecule has 0 amide bonds. The van der Waals surface area contributed by atoms with Crippen LogP contribution in [-0.2, 0) is 0 Å². The van der Waals surface area contributed by atoms with Gasteiger partial charge in [0, 0.05) is 0 Å². The maximum Gasteiger partial charge on any atom is 2.00 e. The number of fused-ring (bicyclic) bond motifs is 1. The molecule has 0 spiro atoms. The predicted molar refractivity (Wildman–Crippen MR) is 58.4 cm³/mol. The summed E-state index contributed by atoms with van der Waals surface area (Å²) < 4.78 is 0. The molecule has 0 aliphatic rings. The molecular formula is C12H9Ba-. The van der Waals surface area contributed by atoms with E-state index in [0.29, 0.717) is 0 Å². The molecule has 0 radical (unpaired) electrons. The molecule has 1 heteroatoms. The van der Waals surface area contributed by atoms with E-state index in [0.717, 1.165) is 10.9 Å². The van der Waals surface area contributed by atoms with Gasteiger partial charge in [-0.1, -0.05) is 18.2 Å². The van der Waals surface area contributed by atoms with Crippen molar-refractivity contribution in [3.8, 4) is 0 Å². The molecule has 0 saturated carbocycles. The van der Waals surface area contributed by atoms with Crippen molar-refractivity contribution < 1.29 is 1.43 Å². The van der Waals surface area contributed by atoms with Gasteiger partial charge in [-0.15, -0.1) is 40.6 Å². The smallest absolute Gasteiger partial charge is 1.00 e. The minimum Gasteiger partial charge on any atom is -1.00 e. The summed E-state index contributed by atoms with van der Waals surface area (Å²) >= 11 is 0. The van der Waals surface area contributed by atoms with Crippen LogP contribution < -0.4 is 0 Å². The Hall–Kier alpha value is 0.0114. The standard InChI is InChI=1S/C12H8.Ba.H/c1-2-10-7-5-8-11-6-3-4-9-12(10)11;;/h1-8H;;/q-2;+2;-1. The van der Waals surface area contributed by atoms with Gasteiger partial charge in [0.1, 0.15) is 0 Å². The van der Waals surface area contributed by atoms with E-state index >= 15 is 0 Å². The molecule has 0 fully saturated rings. The van der Waals surface area contributed by atoms with Crippen molar-refractivity contribution in [1.82, 2.24) is 0 Å². The molecule has 0 aromatic heterocycles. The Morgan fingerprint density at radius 1 is 1.23 bits per heavy atom. The normalized spacial score (nSPS) is 9.23. The number of hydrogen-bond donors (Lipinski definition) is 0. The van der Waals surface area contributed by atoms with Crippen molar-refractivity contribution in [3.05, 3.63) is 54.6 Å². The monoisotopic (exact) mass is 291 g/mol. The first kappa shape index (κ1) is 11.1. The Bertz CT molecular complexity index is 418. The summed E-state index contributed by atoms with van der Waals surface area (Å²) in [5.74, 6) is 0. The molecule has 2 aromatic carbocycles. The van der Waals surface area contributed by atoms with E-state index in [4.69, 9.17) is 6.58 Å². The first-order valence-electron chi connectivity index (χ1n) is 3.86. The van der Waals surface area contributed by atoms with Crippen molar-refractivity contribution in [2.45, 2.75) is 0 Å². The zero-order valence-corrected chi connectivity index (χ0v) is 11.8. The van der Waals surface area contributed by atoms with E-state index in [1.807, 2.05) is 24.3 Å². The molecule has 0 saturated heterocycles. The van der Waals surface area contributed by atoms with Gasteiger partial charge in [0.05, 0.1) is 0 Å². The maximum atomic E-state index is 5.47. The third-order valence-corrected chi connectivity index (χ3v) is 1.91. The molecule has 0 bridgehead atoms. The Balaban J connectivity index is 0.000000845. The Kier molecular flexibility index (Phi) is 4.29. The third kappa shape index (κ3) is 2.27. The van der Waals surface area contributed by atoms with Gasteiger partial charge in [0.15, 0.2) is 0 Å². The fourth-order valence-corrected chi connectivity index (χ4v) is 1.32. The second-order valence-corrected chi connectivity index (χ2v) is 2.65. The van der Waals surface area contributed by atoms with Crippen LogP contribution in [0.4, 0.5) is 0 Å². The van der Waals surface area contributed by atoms with Crippen LogP contribution in [0.25, 0.3) is 16.8 Å². The minimum atomic E-state index is 0. The first-order valence-corrected chi connectivity index (χ1v) is 3.86. The molecule has 0 nitrogen and oxygen atoms in total.